The van der Waals surface area contributed by atoms with Crippen molar-refractivity contribution in [2.45, 2.75) is 25.6 Å². The van der Waals surface area contributed by atoms with Crippen molar-refractivity contribution in [1.82, 2.24) is 24.9 Å². The molecule has 4 aromatic rings. The molecule has 10 nitrogen and oxygen atoms in total. The van der Waals surface area contributed by atoms with E-state index in [1.807, 2.05) is 6.07 Å². The predicted octanol–water partition coefficient (Wildman–Crippen LogP) is 3.25. The summed E-state index contributed by atoms with van der Waals surface area (Å²) in [6, 6.07) is 12.4. The van der Waals surface area contributed by atoms with E-state index in [9.17, 15) is 14.3 Å². The van der Waals surface area contributed by atoms with Crippen LogP contribution >= 0.6 is 0 Å². The summed E-state index contributed by atoms with van der Waals surface area (Å²) >= 11 is 0. The van der Waals surface area contributed by atoms with Crippen LogP contribution < -0.4 is 15.4 Å². The molecule has 0 bridgehead atoms. The molecule has 4 rings (SSSR count). The number of halogens is 1. The number of fused-ring (bicyclic) bond motifs is 1. The average molecular weight is 490 g/mol. The third-order valence-electron chi connectivity index (χ3n) is 5.47. The lowest BCUT2D eigenvalue weighted by molar-refractivity contribution is -0.00177. The number of amides is 1. The molecule has 1 amide bonds. The zero-order valence-corrected chi connectivity index (χ0v) is 19.9. The highest BCUT2D eigenvalue weighted by Crippen LogP contribution is 2.28. The van der Waals surface area contributed by atoms with Crippen molar-refractivity contribution in [3.8, 4) is 23.3 Å². The Hall–Kier alpha value is -4.56. The highest BCUT2D eigenvalue weighted by atomic mass is 19.1. The Bertz CT molecular complexity index is 1440. The van der Waals surface area contributed by atoms with Gasteiger partial charge in [-0.15, -0.1) is 0 Å². The molecule has 11 heteroatoms. The molecule has 0 unspecified atom stereocenters. The first-order chi connectivity index (χ1) is 17.2. The van der Waals surface area contributed by atoms with Crippen LogP contribution in [0.3, 0.4) is 0 Å². The van der Waals surface area contributed by atoms with E-state index < -0.39 is 17.7 Å². The number of alkyl halides is 1. The molecule has 4 heterocycles. The van der Waals surface area contributed by atoms with Crippen molar-refractivity contribution in [3.63, 3.8) is 0 Å². The van der Waals surface area contributed by atoms with Crippen LogP contribution in [0.2, 0.25) is 0 Å². The number of anilines is 2. The minimum Gasteiger partial charge on any atom is -0.481 e. The molecule has 0 aliphatic heterocycles. The molecule has 1 atom stereocenters. The molecule has 3 N–H and O–H groups in total. The van der Waals surface area contributed by atoms with E-state index in [4.69, 9.17) is 10.00 Å². The molecule has 0 saturated carbocycles. The van der Waals surface area contributed by atoms with E-state index in [0.717, 1.165) is 0 Å². The van der Waals surface area contributed by atoms with Crippen LogP contribution in [0.1, 0.15) is 29.8 Å². The fourth-order valence-corrected chi connectivity index (χ4v) is 3.39. The smallest absolute Gasteiger partial charge is 0.255 e. The number of carbonyl (C=O) groups is 1. The Labute approximate surface area is 206 Å². The van der Waals surface area contributed by atoms with Gasteiger partial charge in [-0.05, 0) is 44.2 Å². The highest BCUT2D eigenvalue weighted by Gasteiger charge is 2.27. The van der Waals surface area contributed by atoms with Crippen molar-refractivity contribution >= 4 is 22.8 Å². The normalized spacial score (nSPS) is 12.1. The summed E-state index contributed by atoms with van der Waals surface area (Å²) < 4.78 is 20.9. The summed E-state index contributed by atoms with van der Waals surface area (Å²) in [4.78, 5) is 21.5. The number of pyridine rings is 2. The number of nitrogens with zero attached hydrogens (tertiary/aromatic N) is 5. The van der Waals surface area contributed by atoms with E-state index >= 15 is 0 Å². The molecule has 0 aliphatic carbocycles. The second-order valence-electron chi connectivity index (χ2n) is 8.57. The van der Waals surface area contributed by atoms with E-state index in [-0.39, 0.29) is 12.1 Å². The standard InChI is InChI=1S/C25H24FN7O3/c1-25(2,35)22(26)14-30-24(34)18-13-28-20(9-19(18)32-16-4-7-23(36-3)29-12-16)21-6-5-17-8-15(10-27)11-31-33(17)21/h4-9,11-13,22,35H,14H2,1-3H3,(H,28,32)(H,30,34)/t22-/m1/s1. The summed E-state index contributed by atoms with van der Waals surface area (Å²) in [5.74, 6) is -0.140. The van der Waals surface area contributed by atoms with Crippen LogP contribution in [-0.2, 0) is 0 Å². The Morgan fingerprint density at radius 2 is 2.03 bits per heavy atom. The van der Waals surface area contributed by atoms with Crippen molar-refractivity contribution in [2.75, 3.05) is 19.0 Å². The number of aliphatic hydroxyl groups is 1. The second-order valence-corrected chi connectivity index (χ2v) is 8.57. The number of nitriles is 1. The van der Waals surface area contributed by atoms with Gasteiger partial charge in [0.25, 0.3) is 5.91 Å². The lowest BCUT2D eigenvalue weighted by Crippen LogP contribution is -2.42. The van der Waals surface area contributed by atoms with Crippen LogP contribution in [0.4, 0.5) is 15.8 Å². The molecule has 0 spiro atoms. The first-order valence-corrected chi connectivity index (χ1v) is 11.0. The zero-order valence-electron chi connectivity index (χ0n) is 19.9. The third kappa shape index (κ3) is 5.24. The van der Waals surface area contributed by atoms with Crippen LogP contribution in [0, 0.1) is 11.3 Å². The SMILES string of the molecule is COc1ccc(Nc2cc(-c3ccc4cc(C#N)cnn34)ncc2C(=O)NC[C@@H](F)C(C)(C)O)cn1. The first kappa shape index (κ1) is 24.6. The van der Waals surface area contributed by atoms with Gasteiger partial charge in [0.1, 0.15) is 12.2 Å². The molecule has 184 valence electrons. The van der Waals surface area contributed by atoms with Crippen LogP contribution in [0.25, 0.3) is 16.9 Å². The summed E-state index contributed by atoms with van der Waals surface area (Å²) in [5, 5.41) is 28.9. The number of rotatable bonds is 8. The molecule has 4 aromatic heterocycles. The van der Waals surface area contributed by atoms with Crippen LogP contribution in [0.15, 0.2) is 55.0 Å². The summed E-state index contributed by atoms with van der Waals surface area (Å²) in [7, 11) is 1.51. The van der Waals surface area contributed by atoms with Gasteiger partial charge in [0.05, 0.1) is 71.1 Å². The summed E-state index contributed by atoms with van der Waals surface area (Å²) in [6.45, 7) is 2.29. The van der Waals surface area contributed by atoms with Crippen molar-refractivity contribution in [2.24, 2.45) is 0 Å². The van der Waals surface area contributed by atoms with Crippen molar-refractivity contribution in [1.29, 1.82) is 5.26 Å². The number of hydrogen-bond donors (Lipinski definition) is 3. The fraction of sp³-hybridized carbons (Fsp3) is 0.240. The molecular formula is C25H24FN7O3. The van der Waals surface area contributed by atoms with Gasteiger partial charge in [-0.3, -0.25) is 9.78 Å². The molecule has 36 heavy (non-hydrogen) atoms. The maximum Gasteiger partial charge on any atom is 0.255 e. The number of methoxy groups -OCH3 is 1. The zero-order chi connectivity index (χ0) is 25.9. The monoisotopic (exact) mass is 489 g/mol. The van der Waals surface area contributed by atoms with Gasteiger partial charge < -0.3 is 20.5 Å². The van der Waals surface area contributed by atoms with Crippen LogP contribution in [-0.4, -0.2) is 56.0 Å². The first-order valence-electron chi connectivity index (χ1n) is 11.0. The predicted molar refractivity (Wildman–Crippen MR) is 131 cm³/mol. The Balaban J connectivity index is 1.70. The minimum absolute atomic E-state index is 0.165. The minimum atomic E-state index is -1.66. The number of ether oxygens (including phenoxy) is 1. The number of nitrogens with one attached hydrogen (secondary N) is 2. The van der Waals surface area contributed by atoms with E-state index in [1.54, 1.807) is 41.0 Å². The van der Waals surface area contributed by atoms with Gasteiger partial charge in [0, 0.05) is 12.3 Å². The van der Waals surface area contributed by atoms with E-state index in [2.05, 4.69) is 31.8 Å². The lowest BCUT2D eigenvalue weighted by atomic mass is 10.0. The van der Waals surface area contributed by atoms with E-state index in [0.29, 0.717) is 39.7 Å². The molecular weight excluding hydrogens is 465 g/mol. The highest BCUT2D eigenvalue weighted by molar-refractivity contribution is 6.00. The third-order valence-corrected chi connectivity index (χ3v) is 5.47. The maximum absolute atomic E-state index is 14.2. The summed E-state index contributed by atoms with van der Waals surface area (Å²) in [6.07, 6.45) is 2.72. The number of carbonyl (C=O) groups excluding carboxylic acids is 1. The second kappa shape index (κ2) is 9.97. The Morgan fingerprint density at radius 1 is 1.22 bits per heavy atom. The maximum atomic E-state index is 14.2. The number of hydrogen-bond acceptors (Lipinski definition) is 8. The molecule has 0 aliphatic rings. The Kier molecular flexibility index (Phi) is 6.80. The average Bonchev–Trinajstić information content (AvgIpc) is 3.30. The van der Waals surface area contributed by atoms with Gasteiger partial charge in [-0.25, -0.2) is 13.9 Å². The Morgan fingerprint density at radius 3 is 2.69 bits per heavy atom. The van der Waals surface area contributed by atoms with Crippen LogP contribution in [0.5, 0.6) is 5.88 Å². The fourth-order valence-electron chi connectivity index (χ4n) is 3.39. The van der Waals surface area contributed by atoms with Crippen molar-refractivity contribution < 1.29 is 19.0 Å². The van der Waals surface area contributed by atoms with Gasteiger partial charge in [-0.1, -0.05) is 0 Å². The quantitative estimate of drug-likeness (QED) is 0.343. The number of aromatic nitrogens is 4. The van der Waals surface area contributed by atoms with E-state index in [1.165, 1.54) is 33.4 Å². The molecule has 0 radical (unpaired) electrons. The van der Waals surface area contributed by atoms with Gasteiger partial charge in [-0.2, -0.15) is 10.4 Å². The van der Waals surface area contributed by atoms with Gasteiger partial charge in [0.15, 0.2) is 0 Å². The topological polar surface area (TPSA) is 137 Å². The summed E-state index contributed by atoms with van der Waals surface area (Å²) in [5.41, 5.74) is 1.83. The molecule has 0 saturated heterocycles. The van der Waals surface area contributed by atoms with Crippen molar-refractivity contribution in [3.05, 3.63) is 66.1 Å². The lowest BCUT2D eigenvalue weighted by Gasteiger charge is -2.22. The van der Waals surface area contributed by atoms with Gasteiger partial charge in [0.2, 0.25) is 5.88 Å². The van der Waals surface area contributed by atoms with Gasteiger partial charge >= 0.3 is 0 Å². The molecule has 0 fully saturated rings. The molecule has 0 aromatic carbocycles. The largest absolute Gasteiger partial charge is 0.481 e.